The molecule has 2 aliphatic rings. The lowest BCUT2D eigenvalue weighted by Crippen LogP contribution is -2.46. The first-order chi connectivity index (χ1) is 15.2. The quantitative estimate of drug-likeness (QED) is 0.539. The summed E-state index contributed by atoms with van der Waals surface area (Å²) in [4.78, 5) is 37.2. The number of para-hydroxylation sites is 1. The van der Waals surface area contributed by atoms with Gasteiger partial charge in [0.05, 0.1) is 11.0 Å². The molecule has 0 unspecified atom stereocenters. The first kappa shape index (κ1) is 17.9. The van der Waals surface area contributed by atoms with E-state index in [0.29, 0.717) is 13.1 Å². The van der Waals surface area contributed by atoms with Gasteiger partial charge in [-0.1, -0.05) is 18.2 Å². The van der Waals surface area contributed by atoms with Crippen LogP contribution in [0, 0.1) is 0 Å². The lowest BCUT2D eigenvalue weighted by atomic mass is 9.73. The smallest absolute Gasteiger partial charge is 0.235 e. The highest BCUT2D eigenvalue weighted by atomic mass is 16.2. The third-order valence-electron chi connectivity index (χ3n) is 6.50. The summed E-state index contributed by atoms with van der Waals surface area (Å²) in [5.74, 6) is 1.64. The highest BCUT2D eigenvalue weighted by Gasteiger charge is 2.48. The monoisotopic (exact) mass is 412 g/mol. The van der Waals surface area contributed by atoms with Gasteiger partial charge in [-0.3, -0.25) is 4.79 Å². The molecule has 9 nitrogen and oxygen atoms in total. The van der Waals surface area contributed by atoms with Crippen LogP contribution in [-0.2, 0) is 17.3 Å². The fourth-order valence-corrected chi connectivity index (χ4v) is 4.86. The molecule has 1 spiro atoms. The van der Waals surface area contributed by atoms with Gasteiger partial charge in [0.2, 0.25) is 5.91 Å². The maximum absolute atomic E-state index is 12.9. The molecule has 31 heavy (non-hydrogen) atoms. The average Bonchev–Trinajstić information content (AvgIpc) is 3.30. The van der Waals surface area contributed by atoms with E-state index in [1.165, 1.54) is 6.33 Å². The van der Waals surface area contributed by atoms with Crippen molar-refractivity contribution in [1.29, 1.82) is 0 Å². The summed E-state index contributed by atoms with van der Waals surface area (Å²) in [7, 11) is 1.93. The molecule has 1 amide bonds. The van der Waals surface area contributed by atoms with Crippen LogP contribution in [0.4, 0.5) is 11.5 Å². The number of hydrogen-bond acceptors (Lipinski definition) is 7. The number of piperidine rings is 1. The van der Waals surface area contributed by atoms with Crippen LogP contribution in [0.15, 0.2) is 49.3 Å². The zero-order chi connectivity index (χ0) is 21.0. The van der Waals surface area contributed by atoms with Crippen molar-refractivity contribution >= 4 is 28.6 Å². The predicted octanol–water partition coefficient (Wildman–Crippen LogP) is 2.31. The van der Waals surface area contributed by atoms with Crippen LogP contribution in [-0.4, -0.2) is 48.5 Å². The van der Waals surface area contributed by atoms with Crippen molar-refractivity contribution < 1.29 is 4.79 Å². The Morgan fingerprint density at radius 1 is 1.03 bits per heavy atom. The molecule has 5 heterocycles. The second kappa shape index (κ2) is 6.56. The molecular formula is C22H20N8O. The van der Waals surface area contributed by atoms with Crippen LogP contribution in [0.2, 0.25) is 0 Å². The van der Waals surface area contributed by atoms with Crippen molar-refractivity contribution in [3.05, 3.63) is 54.9 Å². The molecule has 2 aliphatic heterocycles. The number of rotatable bonds is 2. The molecule has 3 aromatic heterocycles. The maximum Gasteiger partial charge on any atom is 0.235 e. The molecule has 154 valence electrons. The fourth-order valence-electron chi connectivity index (χ4n) is 4.86. The zero-order valence-corrected chi connectivity index (χ0v) is 17.0. The van der Waals surface area contributed by atoms with Crippen molar-refractivity contribution in [1.82, 2.24) is 29.5 Å². The highest BCUT2D eigenvalue weighted by Crippen LogP contribution is 2.45. The van der Waals surface area contributed by atoms with Gasteiger partial charge in [0, 0.05) is 38.2 Å². The van der Waals surface area contributed by atoms with E-state index in [4.69, 9.17) is 4.98 Å². The number of carbonyl (C=O) groups excluding carboxylic acids is 1. The van der Waals surface area contributed by atoms with Crippen molar-refractivity contribution in [3.8, 4) is 11.4 Å². The first-order valence-corrected chi connectivity index (χ1v) is 10.3. The summed E-state index contributed by atoms with van der Waals surface area (Å²) in [5.41, 5.74) is 3.91. The standard InChI is InChI=1S/C22H20N8O/c1-29-18(14-10-23-12-24-11-14)28-17-19(29)25-13-26-20(17)30-8-6-22(7-9-30)15-4-2-3-5-16(15)27-21(22)31/h2-5,10-13H,6-9H2,1H3,(H,27,31). The summed E-state index contributed by atoms with van der Waals surface area (Å²) in [6.07, 6.45) is 8.01. The van der Waals surface area contributed by atoms with Crippen LogP contribution in [0.3, 0.4) is 0 Å². The van der Waals surface area contributed by atoms with Crippen LogP contribution in [0.25, 0.3) is 22.6 Å². The first-order valence-electron chi connectivity index (χ1n) is 10.3. The SMILES string of the molecule is Cn1c(-c2cncnc2)nc2c(N3CCC4(CC3)C(=O)Nc3ccccc34)ncnc21. The molecular weight excluding hydrogens is 392 g/mol. The average molecular weight is 412 g/mol. The van der Waals surface area contributed by atoms with Crippen molar-refractivity contribution in [3.63, 3.8) is 0 Å². The normalized spacial score (nSPS) is 17.2. The number of anilines is 2. The molecule has 0 atom stereocenters. The summed E-state index contributed by atoms with van der Waals surface area (Å²) >= 11 is 0. The molecule has 6 rings (SSSR count). The van der Waals surface area contributed by atoms with Crippen LogP contribution in [0.5, 0.6) is 0 Å². The van der Waals surface area contributed by atoms with Gasteiger partial charge in [-0.05, 0) is 24.5 Å². The second-order valence-corrected chi connectivity index (χ2v) is 8.06. The number of nitrogens with one attached hydrogen (secondary N) is 1. The van der Waals surface area contributed by atoms with Gasteiger partial charge >= 0.3 is 0 Å². The fraction of sp³-hybridized carbons (Fsp3) is 0.273. The largest absolute Gasteiger partial charge is 0.355 e. The number of hydrogen-bond donors (Lipinski definition) is 1. The third kappa shape index (κ3) is 2.56. The van der Waals surface area contributed by atoms with Gasteiger partial charge in [0.15, 0.2) is 17.0 Å². The van der Waals surface area contributed by atoms with Crippen LogP contribution in [0.1, 0.15) is 18.4 Å². The number of aromatic nitrogens is 6. The molecule has 0 bridgehead atoms. The third-order valence-corrected chi connectivity index (χ3v) is 6.50. The Kier molecular flexibility index (Phi) is 3.80. The Morgan fingerprint density at radius 2 is 1.81 bits per heavy atom. The zero-order valence-electron chi connectivity index (χ0n) is 17.0. The van der Waals surface area contributed by atoms with Gasteiger partial charge < -0.3 is 14.8 Å². The Labute approximate surface area is 178 Å². The minimum atomic E-state index is -0.462. The minimum absolute atomic E-state index is 0.102. The lowest BCUT2D eigenvalue weighted by molar-refractivity contribution is -0.121. The summed E-state index contributed by atoms with van der Waals surface area (Å²) in [6.45, 7) is 1.43. The Bertz CT molecular complexity index is 1310. The molecule has 0 aliphatic carbocycles. The number of amides is 1. The summed E-state index contributed by atoms with van der Waals surface area (Å²) in [5, 5.41) is 3.06. The number of carbonyl (C=O) groups is 1. The molecule has 0 saturated carbocycles. The Hall–Kier alpha value is -3.88. The number of nitrogens with zero attached hydrogens (tertiary/aromatic N) is 7. The van der Waals surface area contributed by atoms with E-state index in [1.54, 1.807) is 18.7 Å². The molecule has 9 heteroatoms. The van der Waals surface area contributed by atoms with Gasteiger partial charge in [-0.2, -0.15) is 0 Å². The lowest BCUT2D eigenvalue weighted by Gasteiger charge is -2.38. The summed E-state index contributed by atoms with van der Waals surface area (Å²) < 4.78 is 1.94. The van der Waals surface area contributed by atoms with Crippen LogP contribution >= 0.6 is 0 Å². The van der Waals surface area contributed by atoms with E-state index >= 15 is 0 Å². The summed E-state index contributed by atoms with van der Waals surface area (Å²) in [6, 6.07) is 8.01. The number of aryl methyl sites for hydroxylation is 1. The number of fused-ring (bicyclic) bond motifs is 3. The van der Waals surface area contributed by atoms with Crippen molar-refractivity contribution in [2.75, 3.05) is 23.3 Å². The van der Waals surface area contributed by atoms with E-state index < -0.39 is 5.41 Å². The number of imidazole rings is 1. The predicted molar refractivity (Wildman–Crippen MR) is 116 cm³/mol. The molecule has 1 saturated heterocycles. The van der Waals surface area contributed by atoms with E-state index in [9.17, 15) is 4.79 Å². The van der Waals surface area contributed by atoms with Gasteiger partial charge in [-0.25, -0.2) is 24.9 Å². The van der Waals surface area contributed by atoms with E-state index in [-0.39, 0.29) is 5.91 Å². The molecule has 0 radical (unpaired) electrons. The minimum Gasteiger partial charge on any atom is -0.355 e. The Morgan fingerprint density at radius 3 is 2.61 bits per heavy atom. The molecule has 1 fully saturated rings. The second-order valence-electron chi connectivity index (χ2n) is 8.06. The van der Waals surface area contributed by atoms with Crippen molar-refractivity contribution in [2.24, 2.45) is 7.05 Å². The molecule has 1 N–H and O–H groups in total. The molecule has 1 aromatic carbocycles. The highest BCUT2D eigenvalue weighted by molar-refractivity contribution is 6.06. The molecule has 4 aromatic rings. The topological polar surface area (TPSA) is 102 Å². The maximum atomic E-state index is 12.9. The number of benzene rings is 1. The van der Waals surface area contributed by atoms with E-state index in [1.807, 2.05) is 29.8 Å². The van der Waals surface area contributed by atoms with Gasteiger partial charge in [0.25, 0.3) is 0 Å². The van der Waals surface area contributed by atoms with Crippen molar-refractivity contribution in [2.45, 2.75) is 18.3 Å². The van der Waals surface area contributed by atoms with E-state index in [2.05, 4.69) is 36.2 Å². The Balaban J connectivity index is 1.35. The van der Waals surface area contributed by atoms with Gasteiger partial charge in [-0.15, -0.1) is 0 Å². The van der Waals surface area contributed by atoms with Gasteiger partial charge in [0.1, 0.15) is 18.5 Å². The van der Waals surface area contributed by atoms with Crippen LogP contribution < -0.4 is 10.2 Å². The van der Waals surface area contributed by atoms with E-state index in [0.717, 1.165) is 52.5 Å².